The molecular weight excluding hydrogens is 234 g/mol. The van der Waals surface area contributed by atoms with Gasteiger partial charge in [0.05, 0.1) is 0 Å². The predicted molar refractivity (Wildman–Crippen MR) is 68.9 cm³/mol. The molecule has 0 heterocycles. The maximum absolute atomic E-state index is 11.7. The molecule has 1 saturated carbocycles. The van der Waals surface area contributed by atoms with E-state index in [-0.39, 0.29) is 5.91 Å². The first-order valence-corrected chi connectivity index (χ1v) is 6.40. The number of allylic oxidation sites excluding steroid dienone is 1. The van der Waals surface area contributed by atoms with Gasteiger partial charge in [-0.05, 0) is 54.5 Å². The summed E-state index contributed by atoms with van der Waals surface area (Å²) >= 11 is 5.96. The van der Waals surface area contributed by atoms with Crippen LogP contribution in [0.2, 0.25) is 5.02 Å². The maximum atomic E-state index is 11.7. The zero-order valence-corrected chi connectivity index (χ0v) is 10.3. The normalized spacial score (nSPS) is 20.4. The van der Waals surface area contributed by atoms with Crippen LogP contribution in [0.15, 0.2) is 24.3 Å². The standard InChI is InChI=1S/C14H14ClNO/c15-11-3-6-13-9(7-11)1-2-10(13)8-14(17)16-12-4-5-12/h3,6-8,12H,1-2,4-5H2,(H,16,17)/b10-8+. The molecule has 88 valence electrons. The molecule has 0 aromatic heterocycles. The maximum Gasteiger partial charge on any atom is 0.244 e. The molecule has 1 aromatic carbocycles. The fraction of sp³-hybridized carbons (Fsp3) is 0.357. The topological polar surface area (TPSA) is 29.1 Å². The Morgan fingerprint density at radius 2 is 2.18 bits per heavy atom. The van der Waals surface area contributed by atoms with Gasteiger partial charge in [-0.25, -0.2) is 0 Å². The number of hydrogen-bond donors (Lipinski definition) is 1. The van der Waals surface area contributed by atoms with Gasteiger partial charge in [0.25, 0.3) is 0 Å². The summed E-state index contributed by atoms with van der Waals surface area (Å²) in [5.74, 6) is 0.0466. The number of rotatable bonds is 2. The number of carbonyl (C=O) groups is 1. The number of hydrogen-bond acceptors (Lipinski definition) is 1. The third-order valence-corrected chi connectivity index (χ3v) is 3.54. The Kier molecular flexibility index (Phi) is 2.67. The second-order valence-electron chi connectivity index (χ2n) is 4.75. The number of carbonyl (C=O) groups excluding carboxylic acids is 1. The van der Waals surface area contributed by atoms with Crippen LogP contribution in [0.1, 0.15) is 30.4 Å². The van der Waals surface area contributed by atoms with Crippen molar-refractivity contribution in [2.75, 3.05) is 0 Å². The van der Waals surface area contributed by atoms with Crippen LogP contribution in [-0.2, 0) is 11.2 Å². The predicted octanol–water partition coefficient (Wildman–Crippen LogP) is 2.95. The van der Waals surface area contributed by atoms with Gasteiger partial charge in [-0.15, -0.1) is 0 Å². The molecule has 1 amide bonds. The van der Waals surface area contributed by atoms with Gasteiger partial charge in [0.1, 0.15) is 0 Å². The minimum absolute atomic E-state index is 0.0466. The number of fused-ring (bicyclic) bond motifs is 1. The molecule has 0 spiro atoms. The third kappa shape index (κ3) is 2.37. The molecule has 3 heteroatoms. The molecule has 0 unspecified atom stereocenters. The van der Waals surface area contributed by atoms with Gasteiger partial charge < -0.3 is 5.32 Å². The Labute approximate surface area is 106 Å². The lowest BCUT2D eigenvalue weighted by Gasteiger charge is -2.02. The molecule has 0 bridgehead atoms. The molecule has 3 rings (SSSR count). The van der Waals surface area contributed by atoms with Crippen molar-refractivity contribution < 1.29 is 4.79 Å². The SMILES string of the molecule is O=C(/C=C1\CCc2cc(Cl)ccc21)NC1CC1. The first kappa shape index (κ1) is 10.8. The highest BCUT2D eigenvalue weighted by Crippen LogP contribution is 2.33. The third-order valence-electron chi connectivity index (χ3n) is 3.31. The number of halogens is 1. The van der Waals surface area contributed by atoms with Gasteiger partial charge in [0.15, 0.2) is 0 Å². The average molecular weight is 248 g/mol. The smallest absolute Gasteiger partial charge is 0.244 e. The molecule has 1 aromatic rings. The number of nitrogens with one attached hydrogen (secondary N) is 1. The summed E-state index contributed by atoms with van der Waals surface area (Å²) in [4.78, 5) is 11.7. The van der Waals surface area contributed by atoms with Gasteiger partial charge in [0.2, 0.25) is 5.91 Å². The molecule has 1 fully saturated rings. The molecule has 0 radical (unpaired) electrons. The lowest BCUT2D eigenvalue weighted by molar-refractivity contribution is -0.116. The first-order chi connectivity index (χ1) is 8.22. The van der Waals surface area contributed by atoms with Crippen molar-refractivity contribution >= 4 is 23.1 Å². The van der Waals surface area contributed by atoms with Crippen LogP contribution in [0.4, 0.5) is 0 Å². The highest BCUT2D eigenvalue weighted by Gasteiger charge is 2.23. The molecule has 2 nitrogen and oxygen atoms in total. The van der Waals surface area contributed by atoms with E-state index in [9.17, 15) is 4.79 Å². The van der Waals surface area contributed by atoms with Crippen LogP contribution in [0.3, 0.4) is 0 Å². The summed E-state index contributed by atoms with van der Waals surface area (Å²) in [6.45, 7) is 0. The highest BCUT2D eigenvalue weighted by atomic mass is 35.5. The molecule has 0 aliphatic heterocycles. The lowest BCUT2D eigenvalue weighted by atomic mass is 10.1. The van der Waals surface area contributed by atoms with Crippen molar-refractivity contribution in [1.29, 1.82) is 0 Å². The zero-order valence-electron chi connectivity index (χ0n) is 9.50. The van der Waals surface area contributed by atoms with Crippen LogP contribution >= 0.6 is 11.6 Å². The van der Waals surface area contributed by atoms with E-state index >= 15 is 0 Å². The van der Waals surface area contributed by atoms with Crippen molar-refractivity contribution in [3.05, 3.63) is 40.4 Å². The summed E-state index contributed by atoms with van der Waals surface area (Å²) in [6, 6.07) is 6.32. The summed E-state index contributed by atoms with van der Waals surface area (Å²) in [5.41, 5.74) is 3.57. The Balaban J connectivity index is 1.82. The Bertz CT molecular complexity index is 503. The van der Waals surface area contributed by atoms with Crippen molar-refractivity contribution in [2.24, 2.45) is 0 Å². The van der Waals surface area contributed by atoms with Crippen molar-refractivity contribution in [3.63, 3.8) is 0 Å². The van der Waals surface area contributed by atoms with E-state index in [1.54, 1.807) is 6.08 Å². The molecular formula is C14H14ClNO. The van der Waals surface area contributed by atoms with Gasteiger partial charge in [0, 0.05) is 17.1 Å². The Morgan fingerprint density at radius 3 is 2.94 bits per heavy atom. The monoisotopic (exact) mass is 247 g/mol. The second-order valence-corrected chi connectivity index (χ2v) is 5.19. The summed E-state index contributed by atoms with van der Waals surface area (Å²) in [7, 11) is 0. The van der Waals surface area contributed by atoms with Crippen molar-refractivity contribution in [3.8, 4) is 0 Å². The van der Waals surface area contributed by atoms with Gasteiger partial charge in [-0.3, -0.25) is 4.79 Å². The average Bonchev–Trinajstić information content (AvgIpc) is 3.01. The molecule has 17 heavy (non-hydrogen) atoms. The van der Waals surface area contributed by atoms with E-state index in [1.165, 1.54) is 11.1 Å². The second kappa shape index (κ2) is 4.19. The summed E-state index contributed by atoms with van der Waals surface area (Å²) in [5, 5.41) is 3.75. The zero-order chi connectivity index (χ0) is 11.8. The van der Waals surface area contributed by atoms with Crippen LogP contribution < -0.4 is 5.32 Å². The van der Waals surface area contributed by atoms with E-state index in [4.69, 9.17) is 11.6 Å². The minimum Gasteiger partial charge on any atom is -0.350 e. The van der Waals surface area contributed by atoms with Gasteiger partial charge >= 0.3 is 0 Å². The molecule has 1 N–H and O–H groups in total. The van der Waals surface area contributed by atoms with Crippen LogP contribution in [0, 0.1) is 0 Å². The van der Waals surface area contributed by atoms with E-state index in [0.717, 1.165) is 36.3 Å². The number of benzene rings is 1. The molecule has 2 aliphatic rings. The highest BCUT2D eigenvalue weighted by molar-refractivity contribution is 6.30. The summed E-state index contributed by atoms with van der Waals surface area (Å²) in [6.07, 6.45) is 5.92. The van der Waals surface area contributed by atoms with E-state index in [0.29, 0.717) is 6.04 Å². The fourth-order valence-corrected chi connectivity index (χ4v) is 2.46. The van der Waals surface area contributed by atoms with Crippen molar-refractivity contribution in [1.82, 2.24) is 5.32 Å². The first-order valence-electron chi connectivity index (χ1n) is 6.02. The Morgan fingerprint density at radius 1 is 1.35 bits per heavy atom. The van der Waals surface area contributed by atoms with E-state index < -0.39 is 0 Å². The van der Waals surface area contributed by atoms with Gasteiger partial charge in [-0.2, -0.15) is 0 Å². The van der Waals surface area contributed by atoms with Gasteiger partial charge in [-0.1, -0.05) is 17.7 Å². The minimum atomic E-state index is 0.0466. The number of amides is 1. The Hall–Kier alpha value is -1.28. The van der Waals surface area contributed by atoms with E-state index in [2.05, 4.69) is 5.32 Å². The van der Waals surface area contributed by atoms with E-state index in [1.807, 2.05) is 18.2 Å². The van der Waals surface area contributed by atoms with Crippen molar-refractivity contribution in [2.45, 2.75) is 31.7 Å². The fourth-order valence-electron chi connectivity index (χ4n) is 2.27. The van der Waals surface area contributed by atoms with Crippen LogP contribution in [0.5, 0.6) is 0 Å². The molecule has 0 saturated heterocycles. The summed E-state index contributed by atoms with van der Waals surface area (Å²) < 4.78 is 0. The van der Waals surface area contributed by atoms with Crippen LogP contribution in [-0.4, -0.2) is 11.9 Å². The molecule has 2 aliphatic carbocycles. The van der Waals surface area contributed by atoms with Crippen LogP contribution in [0.25, 0.3) is 5.57 Å². The quantitative estimate of drug-likeness (QED) is 0.800. The largest absolute Gasteiger partial charge is 0.350 e. The number of aryl methyl sites for hydroxylation is 1. The molecule has 0 atom stereocenters. The lowest BCUT2D eigenvalue weighted by Crippen LogP contribution is -2.23.